The Balaban J connectivity index is 0.00000107. The van der Waals surface area contributed by atoms with Crippen molar-refractivity contribution in [2.24, 2.45) is 5.41 Å². The average Bonchev–Trinajstić information content (AvgIpc) is 3.11. The van der Waals surface area contributed by atoms with Crippen LogP contribution in [0.3, 0.4) is 0 Å². The van der Waals surface area contributed by atoms with Crippen LogP contribution in [-0.2, 0) is 8.98 Å². The molecule has 0 aromatic carbocycles. The molecule has 0 fully saturated rings. The number of aliphatic carboxylic acids is 1. The van der Waals surface area contributed by atoms with Crippen LogP contribution in [0.25, 0.3) is 0 Å². The highest BCUT2D eigenvalue weighted by molar-refractivity contribution is 8.86. The Morgan fingerprint density at radius 2 is 1.00 bits per heavy atom. The Bertz CT molecular complexity index is 1370. The standard InChI is InChI=1S/C21H20N8O4S8.C2H4O3/c30-13-20(14-31,15(32)34-35-16-22-5-1-6-23-16)21(39-36-17-24-7-2-8-25-17,40-37-18-26-9-3-10-27-18)33-41-38-19-28-11-4-12-29-19;3-1-2(4)5/h1-12,15,30-32H,13-14H2;3H,1H2,(H,4,5). The first-order valence-electron chi connectivity index (χ1n) is 12.3. The molecule has 246 valence electrons. The highest BCUT2D eigenvalue weighted by atomic mass is 33.1. The predicted molar refractivity (Wildman–Crippen MR) is 183 cm³/mol. The fraction of sp³-hybridized carbons (Fsp3) is 0.261. The van der Waals surface area contributed by atoms with Crippen molar-refractivity contribution in [3.05, 3.63) is 73.8 Å². The van der Waals surface area contributed by atoms with Crippen molar-refractivity contribution >= 4 is 92.6 Å². The zero-order valence-corrected chi connectivity index (χ0v) is 29.6. The number of carboxylic acids is 1. The lowest BCUT2D eigenvalue weighted by atomic mass is 9.91. The first-order valence-corrected chi connectivity index (χ1v) is 20.8. The molecule has 4 heterocycles. The second kappa shape index (κ2) is 21.4. The number of hydrogen-bond donors (Lipinski definition) is 5. The summed E-state index contributed by atoms with van der Waals surface area (Å²) in [6.07, 6.45) is 12.8. The summed E-state index contributed by atoms with van der Waals surface area (Å²) in [5.41, 5.74) is -3.05. The Kier molecular flexibility index (Phi) is 18.0. The second-order valence-corrected chi connectivity index (χ2v) is 16.6. The van der Waals surface area contributed by atoms with E-state index in [1.54, 1.807) is 73.8 Å². The molecule has 15 nitrogen and oxygen atoms in total. The second-order valence-electron chi connectivity index (χ2n) is 7.81. The Hall–Kier alpha value is -1.61. The minimum atomic E-state index is -1.68. The van der Waals surface area contributed by atoms with Crippen LogP contribution in [0.2, 0.25) is 0 Å². The summed E-state index contributed by atoms with van der Waals surface area (Å²) < 4.78 is 4.87. The molecule has 4 aromatic rings. The summed E-state index contributed by atoms with van der Waals surface area (Å²) in [6.45, 7) is -2.10. The van der Waals surface area contributed by atoms with Gasteiger partial charge in [0, 0.05) is 60.4 Å². The fourth-order valence-corrected chi connectivity index (χ4v) is 13.5. The number of carboxylic acid groups (broad SMARTS) is 1. The summed E-state index contributed by atoms with van der Waals surface area (Å²) in [5, 5.41) is 50.1. The number of hydrogen-bond acceptors (Lipinski definition) is 22. The summed E-state index contributed by atoms with van der Waals surface area (Å²) in [7, 11) is 7.82. The molecular formula is C23H24N8O7S8. The van der Waals surface area contributed by atoms with Gasteiger partial charge in [-0.2, -0.15) is 0 Å². The van der Waals surface area contributed by atoms with Gasteiger partial charge in [0.1, 0.15) is 17.5 Å². The largest absolute Gasteiger partial charge is 0.480 e. The average molecular weight is 781 g/mol. The van der Waals surface area contributed by atoms with Gasteiger partial charge >= 0.3 is 5.97 Å². The summed E-state index contributed by atoms with van der Waals surface area (Å²) in [6, 6.07) is 6.76. The number of aliphatic hydroxyl groups is 4. The first-order chi connectivity index (χ1) is 22.4. The Morgan fingerprint density at radius 3 is 1.35 bits per heavy atom. The van der Waals surface area contributed by atoms with E-state index < -0.39 is 40.9 Å². The van der Waals surface area contributed by atoms with E-state index in [1.807, 2.05) is 0 Å². The minimum Gasteiger partial charge on any atom is -0.480 e. The number of rotatable bonds is 18. The molecule has 5 N–H and O–H groups in total. The molecule has 0 saturated carbocycles. The molecule has 1 unspecified atom stereocenters. The summed E-state index contributed by atoms with van der Waals surface area (Å²) in [5.74, 6) is -1.19. The van der Waals surface area contributed by atoms with Gasteiger partial charge in [0.15, 0.2) is 20.6 Å². The number of aromatic nitrogens is 8. The lowest BCUT2D eigenvalue weighted by molar-refractivity contribution is -0.140. The van der Waals surface area contributed by atoms with Crippen LogP contribution in [0.4, 0.5) is 0 Å². The van der Waals surface area contributed by atoms with E-state index >= 15 is 0 Å². The minimum absolute atomic E-state index is 0.401. The molecule has 0 amide bonds. The topological polar surface area (TPSA) is 231 Å². The lowest BCUT2D eigenvalue weighted by Gasteiger charge is -2.46. The van der Waals surface area contributed by atoms with E-state index in [4.69, 9.17) is 19.2 Å². The van der Waals surface area contributed by atoms with Gasteiger partial charge in [-0.3, -0.25) is 4.18 Å². The maximum Gasteiger partial charge on any atom is 0.329 e. The van der Waals surface area contributed by atoms with Gasteiger partial charge in [-0.1, -0.05) is 10.8 Å². The highest BCUT2D eigenvalue weighted by Gasteiger charge is 2.60. The highest BCUT2D eigenvalue weighted by Crippen LogP contribution is 2.65. The maximum absolute atomic E-state index is 11.6. The lowest BCUT2D eigenvalue weighted by Crippen LogP contribution is -2.55. The summed E-state index contributed by atoms with van der Waals surface area (Å²) in [4.78, 5) is 43.0. The van der Waals surface area contributed by atoms with Crippen LogP contribution in [0.5, 0.6) is 0 Å². The Labute approximate surface area is 294 Å². The van der Waals surface area contributed by atoms with Gasteiger partial charge in [-0.15, -0.1) is 0 Å². The third-order valence-electron chi connectivity index (χ3n) is 4.87. The van der Waals surface area contributed by atoms with Crippen molar-refractivity contribution in [2.45, 2.75) is 30.3 Å². The van der Waals surface area contributed by atoms with Gasteiger partial charge in [0.05, 0.1) is 24.3 Å². The quantitative estimate of drug-likeness (QED) is 0.0418. The SMILES string of the molecule is O=C(O)CO.OCC(CO)(C(O)SSc1ncccn1)C(OSSc1ncccn1)(SSc1ncccn1)SSc1ncccn1. The molecule has 0 spiro atoms. The van der Waals surface area contributed by atoms with E-state index in [-0.39, 0.29) is 0 Å². The molecule has 0 radical (unpaired) electrons. The van der Waals surface area contributed by atoms with Crippen LogP contribution < -0.4 is 0 Å². The van der Waals surface area contributed by atoms with Gasteiger partial charge in [-0.05, 0) is 78.2 Å². The fourth-order valence-electron chi connectivity index (χ4n) is 2.61. The molecule has 4 rings (SSSR count). The monoisotopic (exact) mass is 780 g/mol. The van der Waals surface area contributed by atoms with E-state index in [0.29, 0.717) is 20.6 Å². The molecule has 23 heteroatoms. The molecular weight excluding hydrogens is 757 g/mol. The molecule has 0 aliphatic heterocycles. The number of nitrogens with zero attached hydrogens (tertiary/aromatic N) is 8. The van der Waals surface area contributed by atoms with Crippen LogP contribution >= 0.6 is 86.6 Å². The number of aliphatic hydroxyl groups excluding tert-OH is 4. The van der Waals surface area contributed by atoms with Crippen LogP contribution in [0, 0.1) is 5.41 Å². The van der Waals surface area contributed by atoms with Crippen LogP contribution in [0.15, 0.2) is 94.5 Å². The van der Waals surface area contributed by atoms with Crippen molar-refractivity contribution in [1.82, 2.24) is 39.9 Å². The van der Waals surface area contributed by atoms with E-state index in [2.05, 4.69) is 39.9 Å². The van der Waals surface area contributed by atoms with E-state index in [9.17, 15) is 15.3 Å². The Morgan fingerprint density at radius 1 is 0.652 bits per heavy atom. The summed E-state index contributed by atoms with van der Waals surface area (Å²) >= 11 is 0.941. The van der Waals surface area contributed by atoms with Crippen molar-refractivity contribution < 1.29 is 34.5 Å². The van der Waals surface area contributed by atoms with Crippen molar-refractivity contribution in [1.29, 1.82) is 0 Å². The molecule has 1 atom stereocenters. The molecule has 0 bridgehead atoms. The van der Waals surface area contributed by atoms with Gasteiger partial charge in [0.2, 0.25) is 4.27 Å². The smallest absolute Gasteiger partial charge is 0.329 e. The van der Waals surface area contributed by atoms with Crippen molar-refractivity contribution in [2.75, 3.05) is 19.8 Å². The molecule has 4 aromatic heterocycles. The van der Waals surface area contributed by atoms with Crippen LogP contribution in [0.1, 0.15) is 0 Å². The van der Waals surface area contributed by atoms with Gasteiger partial charge < -0.3 is 25.5 Å². The van der Waals surface area contributed by atoms with Gasteiger partial charge in [-0.25, -0.2) is 44.7 Å². The first kappa shape index (κ1) is 38.8. The molecule has 0 saturated heterocycles. The molecule has 46 heavy (non-hydrogen) atoms. The zero-order chi connectivity index (χ0) is 33.1. The number of carbonyl (C=O) groups is 1. The third-order valence-corrected chi connectivity index (χ3v) is 15.3. The molecule has 0 aliphatic carbocycles. The molecule has 0 aliphatic rings. The van der Waals surface area contributed by atoms with Crippen molar-refractivity contribution in [3.8, 4) is 0 Å². The van der Waals surface area contributed by atoms with Gasteiger partial charge in [0.25, 0.3) is 0 Å². The normalized spacial score (nSPS) is 12.2. The zero-order valence-electron chi connectivity index (χ0n) is 23.0. The van der Waals surface area contributed by atoms with E-state index in [1.165, 1.54) is 0 Å². The third kappa shape index (κ3) is 12.1. The predicted octanol–water partition coefficient (Wildman–Crippen LogP) is 3.85. The van der Waals surface area contributed by atoms with Crippen LogP contribution in [-0.4, -0.2) is 101 Å². The van der Waals surface area contributed by atoms with E-state index in [0.717, 1.165) is 86.6 Å². The maximum atomic E-state index is 11.6. The van der Waals surface area contributed by atoms with Crippen molar-refractivity contribution in [3.63, 3.8) is 0 Å².